The van der Waals surface area contributed by atoms with Crippen LogP contribution in [0.2, 0.25) is 0 Å². The van der Waals surface area contributed by atoms with Crippen molar-refractivity contribution in [1.82, 2.24) is 19.5 Å². The lowest BCUT2D eigenvalue weighted by molar-refractivity contribution is 0.102. The maximum atomic E-state index is 12.7. The molecule has 4 heterocycles. The summed E-state index contributed by atoms with van der Waals surface area (Å²) < 4.78 is 12.8. The Kier molecular flexibility index (Phi) is 5.15. The molecule has 1 saturated heterocycles. The number of imidazole rings is 1. The summed E-state index contributed by atoms with van der Waals surface area (Å²) in [6, 6.07) is 7.24. The van der Waals surface area contributed by atoms with Crippen molar-refractivity contribution in [2.45, 2.75) is 19.8 Å². The number of hydrogen-bond acceptors (Lipinski definition) is 7. The minimum atomic E-state index is -0.311. The minimum absolute atomic E-state index is 0.293. The molecule has 0 radical (unpaired) electrons. The molecule has 5 rings (SSSR count). The zero-order valence-corrected chi connectivity index (χ0v) is 17.3. The maximum absolute atomic E-state index is 12.7. The van der Waals surface area contributed by atoms with Crippen molar-refractivity contribution in [2.75, 3.05) is 36.5 Å². The third-order valence-electron chi connectivity index (χ3n) is 5.50. The fraction of sp³-hybridized carbons (Fsp3) is 0.364. The van der Waals surface area contributed by atoms with Gasteiger partial charge >= 0.3 is 0 Å². The number of rotatable bonds is 4. The van der Waals surface area contributed by atoms with Crippen molar-refractivity contribution in [3.8, 4) is 17.3 Å². The van der Waals surface area contributed by atoms with Crippen LogP contribution in [0.25, 0.3) is 5.82 Å². The number of piperidine rings is 1. The first-order valence-electron chi connectivity index (χ1n) is 10.5. The Labute approximate surface area is 180 Å². The van der Waals surface area contributed by atoms with Gasteiger partial charge in [0.15, 0.2) is 11.5 Å². The third kappa shape index (κ3) is 4.16. The number of hydrogen-bond donors (Lipinski definition) is 1. The van der Waals surface area contributed by atoms with Gasteiger partial charge in [0.25, 0.3) is 5.91 Å². The van der Waals surface area contributed by atoms with Crippen LogP contribution in [0.5, 0.6) is 11.5 Å². The third-order valence-corrected chi connectivity index (χ3v) is 5.50. The van der Waals surface area contributed by atoms with Crippen LogP contribution in [0, 0.1) is 5.92 Å². The Bertz CT molecular complexity index is 1100. The smallest absolute Gasteiger partial charge is 0.275 e. The van der Waals surface area contributed by atoms with Crippen molar-refractivity contribution < 1.29 is 14.3 Å². The molecule has 0 saturated carbocycles. The lowest BCUT2D eigenvalue weighted by Gasteiger charge is -2.31. The molecule has 1 unspecified atom stereocenters. The van der Waals surface area contributed by atoms with E-state index in [-0.39, 0.29) is 5.91 Å². The predicted octanol–water partition coefficient (Wildman–Crippen LogP) is 2.92. The molecule has 9 heteroatoms. The summed E-state index contributed by atoms with van der Waals surface area (Å²) in [5.74, 6) is 3.21. The zero-order chi connectivity index (χ0) is 21.2. The Morgan fingerprint density at radius 2 is 1.94 bits per heavy atom. The molecule has 0 spiro atoms. The fourth-order valence-corrected chi connectivity index (χ4v) is 3.93. The van der Waals surface area contributed by atoms with Crippen molar-refractivity contribution in [1.29, 1.82) is 0 Å². The Balaban J connectivity index is 1.31. The minimum Gasteiger partial charge on any atom is -0.486 e. The predicted molar refractivity (Wildman–Crippen MR) is 115 cm³/mol. The molecule has 1 amide bonds. The first kappa shape index (κ1) is 19.3. The molecule has 2 aliphatic rings. The fourth-order valence-electron chi connectivity index (χ4n) is 3.93. The molecular weight excluding hydrogens is 396 g/mol. The number of aromatic nitrogens is 4. The molecule has 1 aromatic carbocycles. The molecule has 3 aromatic rings. The normalized spacial score (nSPS) is 18.0. The molecule has 9 nitrogen and oxygen atoms in total. The number of carbonyl (C=O) groups excluding carboxylic acids is 1. The monoisotopic (exact) mass is 420 g/mol. The number of benzene rings is 1. The molecule has 1 fully saturated rings. The number of anilines is 2. The number of nitrogens with zero attached hydrogens (tertiary/aromatic N) is 5. The molecule has 160 valence electrons. The molecule has 2 aromatic heterocycles. The van der Waals surface area contributed by atoms with Gasteiger partial charge < -0.3 is 19.7 Å². The second-order valence-electron chi connectivity index (χ2n) is 7.91. The second-order valence-corrected chi connectivity index (χ2v) is 7.91. The molecule has 2 aliphatic heterocycles. The van der Waals surface area contributed by atoms with Crippen molar-refractivity contribution in [3.05, 3.63) is 48.8 Å². The SMILES string of the molecule is CC1CCCN(c2cc(-n3cnc(C(=O)Nc4ccc5c(c4)OCCO5)c3)ncn2)C1. The largest absolute Gasteiger partial charge is 0.486 e. The van der Waals surface area contributed by atoms with E-state index >= 15 is 0 Å². The molecule has 31 heavy (non-hydrogen) atoms. The standard InChI is InChI=1S/C22H24N6O3/c1-15-3-2-6-27(11-15)20-10-21(24-13-23-20)28-12-17(25-14-28)22(29)26-16-4-5-18-19(9-16)31-8-7-30-18/h4-5,9-10,12-15H,2-3,6-8,11H2,1H3,(H,26,29). The van der Waals surface area contributed by atoms with Gasteiger partial charge in [-0.2, -0.15) is 0 Å². The van der Waals surface area contributed by atoms with E-state index in [0.717, 1.165) is 25.3 Å². The van der Waals surface area contributed by atoms with Gasteiger partial charge in [0.05, 0.1) is 0 Å². The molecule has 1 N–H and O–H groups in total. The number of ether oxygens (including phenoxy) is 2. The van der Waals surface area contributed by atoms with Gasteiger partial charge in [-0.25, -0.2) is 15.0 Å². The first-order chi connectivity index (χ1) is 15.2. The van der Waals surface area contributed by atoms with Crippen LogP contribution in [0.4, 0.5) is 11.5 Å². The van der Waals surface area contributed by atoms with Crippen molar-refractivity contribution >= 4 is 17.4 Å². The summed E-state index contributed by atoms with van der Waals surface area (Å²) in [4.78, 5) is 28.0. The average Bonchev–Trinajstić information content (AvgIpc) is 3.30. The van der Waals surface area contributed by atoms with Gasteiger partial charge in [0.1, 0.15) is 43.2 Å². The van der Waals surface area contributed by atoms with E-state index in [2.05, 4.69) is 32.1 Å². The molecule has 1 atom stereocenters. The van der Waals surface area contributed by atoms with Crippen LogP contribution in [0.15, 0.2) is 43.1 Å². The van der Waals surface area contributed by atoms with Gasteiger partial charge in [0.2, 0.25) is 0 Å². The van der Waals surface area contributed by atoms with Crippen LogP contribution >= 0.6 is 0 Å². The van der Waals surface area contributed by atoms with E-state index in [9.17, 15) is 4.79 Å². The average molecular weight is 420 g/mol. The summed E-state index contributed by atoms with van der Waals surface area (Å²) in [5.41, 5.74) is 0.911. The van der Waals surface area contributed by atoms with E-state index in [0.29, 0.717) is 47.8 Å². The summed E-state index contributed by atoms with van der Waals surface area (Å²) in [6.07, 6.45) is 7.22. The topological polar surface area (TPSA) is 94.4 Å². The Morgan fingerprint density at radius 3 is 2.81 bits per heavy atom. The van der Waals surface area contributed by atoms with Crippen LogP contribution in [0.3, 0.4) is 0 Å². The van der Waals surface area contributed by atoms with Gasteiger partial charge in [-0.1, -0.05) is 6.92 Å². The van der Waals surface area contributed by atoms with Crippen LogP contribution < -0.4 is 19.7 Å². The Hall–Kier alpha value is -3.62. The van der Waals surface area contributed by atoms with Crippen molar-refractivity contribution in [2.24, 2.45) is 5.92 Å². The van der Waals surface area contributed by atoms with Crippen molar-refractivity contribution in [3.63, 3.8) is 0 Å². The lowest BCUT2D eigenvalue weighted by atomic mass is 10.0. The van der Waals surface area contributed by atoms with Crippen LogP contribution in [-0.4, -0.2) is 51.7 Å². The van der Waals surface area contributed by atoms with E-state index < -0.39 is 0 Å². The Morgan fingerprint density at radius 1 is 1.10 bits per heavy atom. The highest BCUT2D eigenvalue weighted by Crippen LogP contribution is 2.32. The lowest BCUT2D eigenvalue weighted by Crippen LogP contribution is -2.34. The van der Waals surface area contributed by atoms with Gasteiger partial charge in [0, 0.05) is 37.1 Å². The highest BCUT2D eigenvalue weighted by atomic mass is 16.6. The molecular formula is C22H24N6O3. The first-order valence-corrected chi connectivity index (χ1v) is 10.5. The summed E-state index contributed by atoms with van der Waals surface area (Å²) in [5, 5.41) is 2.85. The summed E-state index contributed by atoms with van der Waals surface area (Å²) in [6.45, 7) is 5.26. The number of amides is 1. The quantitative estimate of drug-likeness (QED) is 0.693. The van der Waals surface area contributed by atoms with E-state index in [1.165, 1.54) is 6.42 Å². The number of fused-ring (bicyclic) bond motifs is 1. The number of carbonyl (C=O) groups is 1. The molecule has 0 aliphatic carbocycles. The second kappa shape index (κ2) is 8.25. The highest BCUT2D eigenvalue weighted by molar-refractivity contribution is 6.02. The highest BCUT2D eigenvalue weighted by Gasteiger charge is 2.19. The summed E-state index contributed by atoms with van der Waals surface area (Å²) >= 11 is 0. The number of nitrogens with one attached hydrogen (secondary N) is 1. The van der Waals surface area contributed by atoms with Gasteiger partial charge in [-0.05, 0) is 30.9 Å². The van der Waals surface area contributed by atoms with E-state index in [1.807, 2.05) is 6.07 Å². The van der Waals surface area contributed by atoms with Crippen LogP contribution in [0.1, 0.15) is 30.3 Å². The van der Waals surface area contributed by atoms with E-state index in [4.69, 9.17) is 9.47 Å². The summed E-state index contributed by atoms with van der Waals surface area (Å²) in [7, 11) is 0. The van der Waals surface area contributed by atoms with Gasteiger partial charge in [-0.3, -0.25) is 9.36 Å². The van der Waals surface area contributed by atoms with E-state index in [1.54, 1.807) is 41.6 Å². The van der Waals surface area contributed by atoms with Crippen LogP contribution in [-0.2, 0) is 0 Å². The maximum Gasteiger partial charge on any atom is 0.275 e. The zero-order valence-electron chi connectivity index (χ0n) is 17.3. The molecule has 0 bridgehead atoms. The van der Waals surface area contributed by atoms with Gasteiger partial charge in [-0.15, -0.1) is 0 Å².